The van der Waals surface area contributed by atoms with Crippen molar-refractivity contribution in [2.75, 3.05) is 18.1 Å². The van der Waals surface area contributed by atoms with Crippen molar-refractivity contribution in [1.82, 2.24) is 0 Å². The highest BCUT2D eigenvalue weighted by Crippen LogP contribution is 2.55. The number of rotatable bonds is 9. The number of nitro groups is 2. The molecule has 18 heteroatoms. The van der Waals surface area contributed by atoms with Crippen LogP contribution in [0, 0.1) is 20.2 Å². The Kier molecular flexibility index (Phi) is 10.7. The molecule has 0 saturated heterocycles. The molecule has 10 nitrogen and oxygen atoms in total. The maximum absolute atomic E-state index is 12.6. The van der Waals surface area contributed by atoms with E-state index >= 15 is 0 Å². The minimum absolute atomic E-state index is 0.0169. The normalized spacial score (nSPS) is 11.4. The van der Waals surface area contributed by atoms with Crippen molar-refractivity contribution in [1.29, 1.82) is 0 Å². The number of nitrogens with one attached hydrogen (secondary N) is 1. The zero-order valence-corrected chi connectivity index (χ0v) is 27.1. The number of halogens is 6. The average molecular weight is 727 g/mol. The van der Waals surface area contributed by atoms with Crippen molar-refractivity contribution in [2.24, 2.45) is 0 Å². The number of nitrogens with two attached hydrogens (primary N) is 1. The van der Waals surface area contributed by atoms with Gasteiger partial charge in [-0.2, -0.15) is 0 Å². The van der Waals surface area contributed by atoms with Crippen molar-refractivity contribution >= 4 is 45.4 Å². The highest BCUT2D eigenvalue weighted by atomic mass is 32.1. The second-order valence-electron chi connectivity index (χ2n) is 9.47. The lowest BCUT2D eigenvalue weighted by Gasteiger charge is -2.15. The zero-order chi connectivity index (χ0) is 36.3. The van der Waals surface area contributed by atoms with Crippen molar-refractivity contribution in [3.05, 3.63) is 93.0 Å². The van der Waals surface area contributed by atoms with Crippen molar-refractivity contribution in [3.63, 3.8) is 0 Å². The van der Waals surface area contributed by atoms with Crippen LogP contribution >= 0.6 is 22.7 Å². The SMILES string of the molecule is CC.CNc1c(N)c(-c2ccc(-c3ccc(OC(F)(F)F)cc3)s2)c([N+](=O)[O-])c([N+](=O)[O-])c1-c1ccc(-c2ccc(OC(F)(F)F)cc2)s1. The van der Waals surface area contributed by atoms with Gasteiger partial charge in [-0.25, -0.2) is 0 Å². The Morgan fingerprint density at radius 3 is 1.33 bits per heavy atom. The van der Waals surface area contributed by atoms with E-state index in [9.17, 15) is 46.6 Å². The summed E-state index contributed by atoms with van der Waals surface area (Å²) < 4.78 is 83.1. The topological polar surface area (TPSA) is 143 Å². The van der Waals surface area contributed by atoms with Gasteiger partial charge in [0.25, 0.3) is 0 Å². The fourth-order valence-corrected chi connectivity index (χ4v) is 6.88. The van der Waals surface area contributed by atoms with Gasteiger partial charge in [0.2, 0.25) is 0 Å². The number of benzene rings is 3. The molecule has 0 radical (unpaired) electrons. The molecule has 5 aromatic rings. The number of alkyl halides is 6. The van der Waals surface area contributed by atoms with Crippen LogP contribution in [0.5, 0.6) is 11.5 Å². The predicted molar refractivity (Wildman–Crippen MR) is 176 cm³/mol. The standard InChI is InChI=1S/C29H18F6N4O6S2.C2H6/c1-37-25-23(21-13-11-19(47-21)15-4-8-17(9-5-15)45-29(33,34)35)27(39(42)43)26(38(40)41)22(24(25)36)20-12-10-18(46-20)14-2-6-16(7-3-14)44-28(30,31)32;1-2/h2-13,37H,36H2,1H3;1-2H3. The van der Waals surface area contributed by atoms with Crippen LogP contribution in [0.3, 0.4) is 0 Å². The van der Waals surface area contributed by atoms with E-state index in [1.165, 1.54) is 49.5 Å². The monoisotopic (exact) mass is 726 g/mol. The molecule has 3 N–H and O–H groups in total. The molecular formula is C31H24F6N4O6S2. The van der Waals surface area contributed by atoms with Gasteiger partial charge in [-0.3, -0.25) is 20.2 Å². The lowest BCUT2D eigenvalue weighted by atomic mass is 9.98. The number of anilines is 2. The summed E-state index contributed by atoms with van der Waals surface area (Å²) >= 11 is 1.97. The fourth-order valence-electron chi connectivity index (χ4n) is 4.74. The fraction of sp³-hybridized carbons (Fsp3) is 0.161. The van der Waals surface area contributed by atoms with Gasteiger partial charge in [0, 0.05) is 26.6 Å². The molecule has 258 valence electrons. The molecule has 0 aliphatic carbocycles. The van der Waals surface area contributed by atoms with E-state index < -0.39 is 45.4 Å². The molecule has 5 rings (SSSR count). The molecule has 0 saturated carbocycles. The van der Waals surface area contributed by atoms with E-state index in [1.807, 2.05) is 13.8 Å². The minimum atomic E-state index is -4.88. The number of hydrogen-bond donors (Lipinski definition) is 2. The van der Waals surface area contributed by atoms with E-state index in [0.29, 0.717) is 20.9 Å². The van der Waals surface area contributed by atoms with Gasteiger partial charge in [0.1, 0.15) is 22.6 Å². The third-order valence-electron chi connectivity index (χ3n) is 6.55. The smallest absolute Gasteiger partial charge is 0.406 e. The largest absolute Gasteiger partial charge is 0.573 e. The average Bonchev–Trinajstić information content (AvgIpc) is 3.71. The van der Waals surface area contributed by atoms with E-state index in [4.69, 9.17) is 5.73 Å². The molecule has 0 aliphatic heterocycles. The summed E-state index contributed by atoms with van der Waals surface area (Å²) in [4.78, 5) is 24.5. The lowest BCUT2D eigenvalue weighted by Crippen LogP contribution is -2.16. The van der Waals surface area contributed by atoms with Crippen LogP contribution < -0.4 is 20.5 Å². The van der Waals surface area contributed by atoms with Crippen LogP contribution in [0.4, 0.5) is 49.1 Å². The molecule has 0 atom stereocenters. The molecule has 49 heavy (non-hydrogen) atoms. The van der Waals surface area contributed by atoms with Gasteiger partial charge < -0.3 is 20.5 Å². The number of nitrogen functional groups attached to an aromatic ring is 1. The Morgan fingerprint density at radius 1 is 0.633 bits per heavy atom. The second kappa shape index (κ2) is 14.4. The molecule has 0 bridgehead atoms. The molecule has 0 fully saturated rings. The molecule has 0 aliphatic rings. The van der Waals surface area contributed by atoms with Crippen LogP contribution in [0.25, 0.3) is 41.8 Å². The first-order chi connectivity index (χ1) is 23.1. The van der Waals surface area contributed by atoms with E-state index in [1.54, 1.807) is 6.07 Å². The minimum Gasteiger partial charge on any atom is -0.406 e. The van der Waals surface area contributed by atoms with E-state index in [-0.39, 0.29) is 32.3 Å². The highest BCUT2D eigenvalue weighted by molar-refractivity contribution is 7.19. The number of nitrogens with zero attached hydrogens (tertiary/aromatic N) is 2. The summed E-state index contributed by atoms with van der Waals surface area (Å²) in [5, 5.41) is 27.8. The van der Waals surface area contributed by atoms with E-state index in [0.717, 1.165) is 46.9 Å². The van der Waals surface area contributed by atoms with Gasteiger partial charge in [0.05, 0.1) is 21.2 Å². The van der Waals surface area contributed by atoms with Crippen LogP contribution in [0.15, 0.2) is 72.8 Å². The second-order valence-corrected chi connectivity index (χ2v) is 11.6. The van der Waals surface area contributed by atoms with Crippen LogP contribution in [-0.2, 0) is 0 Å². The molecule has 0 amide bonds. The van der Waals surface area contributed by atoms with Gasteiger partial charge in [-0.05, 0) is 83.9 Å². The summed E-state index contributed by atoms with van der Waals surface area (Å²) in [7, 11) is 1.42. The van der Waals surface area contributed by atoms with Gasteiger partial charge in [0.15, 0.2) is 0 Å². The predicted octanol–water partition coefficient (Wildman–Crippen LogP) is 10.7. The third kappa shape index (κ3) is 8.21. The number of ether oxygens (including phenoxy) is 2. The van der Waals surface area contributed by atoms with Gasteiger partial charge in [-0.1, -0.05) is 13.8 Å². The molecule has 0 spiro atoms. The summed E-state index contributed by atoms with van der Waals surface area (Å²) in [6.07, 6.45) is -9.77. The Morgan fingerprint density at radius 2 is 0.980 bits per heavy atom. The van der Waals surface area contributed by atoms with Crippen molar-refractivity contribution < 1.29 is 45.7 Å². The van der Waals surface area contributed by atoms with E-state index in [2.05, 4.69) is 14.8 Å². The first kappa shape index (κ1) is 36.5. The number of nitro benzene ring substituents is 2. The lowest BCUT2D eigenvalue weighted by molar-refractivity contribution is -0.421. The van der Waals surface area contributed by atoms with Crippen LogP contribution in [0.2, 0.25) is 0 Å². The maximum Gasteiger partial charge on any atom is 0.573 e. The van der Waals surface area contributed by atoms with Crippen LogP contribution in [-0.4, -0.2) is 29.6 Å². The Hall–Kier alpha value is -5.36. The summed E-state index contributed by atoms with van der Waals surface area (Å²) in [5.74, 6) is -0.902. The van der Waals surface area contributed by atoms with Crippen LogP contribution in [0.1, 0.15) is 13.8 Å². The highest BCUT2D eigenvalue weighted by Gasteiger charge is 2.40. The molecule has 0 unspecified atom stereocenters. The first-order valence-corrected chi connectivity index (χ1v) is 15.6. The molecule has 2 heterocycles. The van der Waals surface area contributed by atoms with Crippen molar-refractivity contribution in [2.45, 2.75) is 26.6 Å². The number of thiophene rings is 2. The maximum atomic E-state index is 12.6. The Bertz CT molecular complexity index is 1970. The number of hydrogen-bond acceptors (Lipinski definition) is 10. The Labute approximate surface area is 281 Å². The van der Waals surface area contributed by atoms with Gasteiger partial charge >= 0.3 is 24.1 Å². The quantitative estimate of drug-likeness (QED) is 0.0661. The summed E-state index contributed by atoms with van der Waals surface area (Å²) in [5.41, 5.74) is 5.07. The van der Waals surface area contributed by atoms with Gasteiger partial charge in [-0.15, -0.1) is 49.0 Å². The van der Waals surface area contributed by atoms with Crippen molar-refractivity contribution in [3.8, 4) is 53.3 Å². The summed E-state index contributed by atoms with van der Waals surface area (Å²) in [6.45, 7) is 4.00. The molecule has 3 aromatic carbocycles. The summed E-state index contributed by atoms with van der Waals surface area (Å²) in [6, 6.07) is 15.8. The molecular weight excluding hydrogens is 702 g/mol. The molecule has 2 aromatic heterocycles. The first-order valence-electron chi connectivity index (χ1n) is 13.9. The third-order valence-corrected chi connectivity index (χ3v) is 8.85. The zero-order valence-electron chi connectivity index (χ0n) is 25.4. The Balaban J connectivity index is 0.00000265.